The number of nitrogens with zero attached hydrogens (tertiary/aromatic N) is 2. The molecule has 180 valence electrons. The normalized spacial score (nSPS) is 21.4. The number of carbonyl (C=O) groups excluding carboxylic acids is 2. The summed E-state index contributed by atoms with van der Waals surface area (Å²) in [5.74, 6) is -0.305. The van der Waals surface area contributed by atoms with E-state index in [2.05, 4.69) is 11.4 Å². The summed E-state index contributed by atoms with van der Waals surface area (Å²) in [6.45, 7) is 3.42. The Morgan fingerprint density at radius 3 is 2.58 bits per heavy atom. The lowest BCUT2D eigenvalue weighted by molar-refractivity contribution is -0.126. The van der Waals surface area contributed by atoms with Crippen LogP contribution in [0.2, 0.25) is 0 Å². The van der Waals surface area contributed by atoms with Crippen molar-refractivity contribution in [3.8, 4) is 0 Å². The van der Waals surface area contributed by atoms with E-state index in [1.54, 1.807) is 34.3 Å². The minimum Gasteiger partial charge on any atom is -0.354 e. The molecule has 3 aliphatic rings. The molecular weight excluding hydrogens is 438 g/mol. The van der Waals surface area contributed by atoms with Gasteiger partial charge in [0.05, 0.1) is 4.90 Å². The number of rotatable bonds is 7. The van der Waals surface area contributed by atoms with Gasteiger partial charge in [-0.1, -0.05) is 25.0 Å². The topological polar surface area (TPSA) is 86.8 Å². The predicted octanol–water partition coefficient (Wildman–Crippen LogP) is 3.54. The zero-order chi connectivity index (χ0) is 23.4. The third-order valence-corrected chi connectivity index (χ3v) is 8.89. The maximum absolute atomic E-state index is 13.1. The van der Waals surface area contributed by atoms with Gasteiger partial charge in [-0.05, 0) is 68.7 Å². The molecule has 1 aromatic carbocycles. The summed E-state index contributed by atoms with van der Waals surface area (Å²) in [5, 5.41) is 3.01. The Hall–Kier alpha value is -2.19. The number of fused-ring (bicyclic) bond motifs is 1. The molecule has 2 aliphatic heterocycles. The Labute approximate surface area is 197 Å². The quantitative estimate of drug-likeness (QED) is 0.614. The van der Waals surface area contributed by atoms with Crippen LogP contribution in [0.1, 0.15) is 70.3 Å². The van der Waals surface area contributed by atoms with Crippen LogP contribution in [0.3, 0.4) is 0 Å². The molecule has 0 saturated carbocycles. The molecule has 7 nitrogen and oxygen atoms in total. The van der Waals surface area contributed by atoms with Crippen LogP contribution in [0.5, 0.6) is 0 Å². The van der Waals surface area contributed by atoms with Crippen LogP contribution >= 0.6 is 0 Å². The summed E-state index contributed by atoms with van der Waals surface area (Å²) in [7, 11) is -3.57. The van der Waals surface area contributed by atoms with E-state index >= 15 is 0 Å². The molecule has 33 heavy (non-hydrogen) atoms. The van der Waals surface area contributed by atoms with Gasteiger partial charge in [-0.2, -0.15) is 4.31 Å². The fourth-order valence-electron chi connectivity index (χ4n) is 5.13. The number of allylic oxidation sites excluding steroid dienone is 1. The van der Waals surface area contributed by atoms with Crippen molar-refractivity contribution in [1.29, 1.82) is 0 Å². The molecule has 8 heteroatoms. The first-order valence-electron chi connectivity index (χ1n) is 12.3. The molecule has 0 spiro atoms. The number of nitrogens with one attached hydrogen (secondary N) is 1. The lowest BCUT2D eigenvalue weighted by atomic mass is 9.97. The van der Waals surface area contributed by atoms with Crippen molar-refractivity contribution in [1.82, 2.24) is 9.62 Å². The van der Waals surface area contributed by atoms with Crippen LogP contribution in [0.4, 0.5) is 5.69 Å². The van der Waals surface area contributed by atoms with Crippen molar-refractivity contribution in [2.24, 2.45) is 0 Å². The molecule has 1 atom stereocenters. The smallest absolute Gasteiger partial charge is 0.243 e. The summed E-state index contributed by atoms with van der Waals surface area (Å²) in [6, 6.07) is 4.30. The van der Waals surface area contributed by atoms with Crippen LogP contribution in [0.15, 0.2) is 34.7 Å². The van der Waals surface area contributed by atoms with Gasteiger partial charge >= 0.3 is 0 Å². The van der Waals surface area contributed by atoms with Crippen molar-refractivity contribution in [2.45, 2.75) is 82.1 Å². The molecule has 1 saturated heterocycles. The lowest BCUT2D eigenvalue weighted by Crippen LogP contribution is -2.48. The highest BCUT2D eigenvalue weighted by Gasteiger charge is 2.38. The second kappa shape index (κ2) is 10.4. The molecular formula is C25H35N3O4S. The maximum atomic E-state index is 13.1. The molecule has 0 bridgehead atoms. The lowest BCUT2D eigenvalue weighted by Gasteiger charge is -2.26. The summed E-state index contributed by atoms with van der Waals surface area (Å²) in [6.07, 6.45) is 11.2. The minimum absolute atomic E-state index is 0.129. The first-order chi connectivity index (χ1) is 15.9. The van der Waals surface area contributed by atoms with Gasteiger partial charge in [-0.3, -0.25) is 14.5 Å². The Balaban J connectivity index is 1.50. The van der Waals surface area contributed by atoms with Crippen molar-refractivity contribution in [3.63, 3.8) is 0 Å². The van der Waals surface area contributed by atoms with Crippen LogP contribution in [0.25, 0.3) is 0 Å². The van der Waals surface area contributed by atoms with Gasteiger partial charge in [0.1, 0.15) is 6.04 Å². The van der Waals surface area contributed by atoms with Crippen molar-refractivity contribution in [3.05, 3.63) is 35.4 Å². The molecule has 1 aliphatic carbocycles. The molecule has 1 fully saturated rings. The van der Waals surface area contributed by atoms with Crippen LogP contribution in [-0.2, 0) is 26.0 Å². The van der Waals surface area contributed by atoms with Gasteiger partial charge in [0, 0.05) is 38.2 Å². The SMILES string of the molecule is CCC(=O)N1c2ccc(S(=O)(=O)N3CCCCC3)cc2C[C@H]1C(=O)NCCC1=CCCCC1. The van der Waals surface area contributed by atoms with E-state index in [9.17, 15) is 18.0 Å². The highest BCUT2D eigenvalue weighted by Crippen LogP contribution is 2.35. The monoisotopic (exact) mass is 473 g/mol. The van der Waals surface area contributed by atoms with E-state index in [1.807, 2.05) is 0 Å². The number of piperidine rings is 1. The molecule has 4 rings (SSSR count). The van der Waals surface area contributed by atoms with E-state index in [0.717, 1.165) is 44.1 Å². The van der Waals surface area contributed by atoms with E-state index in [0.29, 0.717) is 31.7 Å². The fourth-order valence-corrected chi connectivity index (χ4v) is 6.70. The second-order valence-electron chi connectivity index (χ2n) is 9.24. The van der Waals surface area contributed by atoms with Crippen LogP contribution in [0, 0.1) is 0 Å². The highest BCUT2D eigenvalue weighted by molar-refractivity contribution is 7.89. The highest BCUT2D eigenvalue weighted by atomic mass is 32.2. The zero-order valence-corrected chi connectivity index (χ0v) is 20.3. The van der Waals surface area contributed by atoms with Crippen LogP contribution < -0.4 is 10.2 Å². The molecule has 0 radical (unpaired) electrons. The first kappa shape index (κ1) is 24.0. The third-order valence-electron chi connectivity index (χ3n) is 6.99. The number of carbonyl (C=O) groups is 2. The Morgan fingerprint density at radius 1 is 1.09 bits per heavy atom. The molecule has 2 amide bonds. The third kappa shape index (κ3) is 5.17. The Morgan fingerprint density at radius 2 is 1.88 bits per heavy atom. The fraction of sp³-hybridized carbons (Fsp3) is 0.600. The van der Waals surface area contributed by atoms with Gasteiger partial charge in [0.25, 0.3) is 0 Å². The number of benzene rings is 1. The Bertz CT molecular complexity index is 1030. The summed E-state index contributed by atoms with van der Waals surface area (Å²) in [4.78, 5) is 27.6. The van der Waals surface area contributed by atoms with Crippen molar-refractivity contribution < 1.29 is 18.0 Å². The standard InChI is InChI=1S/C25H35N3O4S/c1-2-24(29)28-22-12-11-21(33(31,32)27-15-7-4-8-16-27)17-20(22)18-23(28)25(30)26-14-13-19-9-5-3-6-10-19/h9,11-12,17,23H,2-8,10,13-16,18H2,1H3,(H,26,30)/t23-/m0/s1. The van der Waals surface area contributed by atoms with Gasteiger partial charge < -0.3 is 5.32 Å². The predicted molar refractivity (Wildman–Crippen MR) is 128 cm³/mol. The van der Waals surface area contributed by atoms with Crippen molar-refractivity contribution >= 4 is 27.5 Å². The average Bonchev–Trinajstić information content (AvgIpc) is 3.24. The largest absolute Gasteiger partial charge is 0.354 e. The van der Waals surface area contributed by atoms with E-state index in [-0.39, 0.29) is 23.1 Å². The van der Waals surface area contributed by atoms with Gasteiger partial charge in [0.2, 0.25) is 21.8 Å². The van der Waals surface area contributed by atoms with Gasteiger partial charge in [0.15, 0.2) is 0 Å². The van der Waals surface area contributed by atoms with E-state index < -0.39 is 16.1 Å². The molecule has 0 aromatic heterocycles. The number of sulfonamides is 1. The van der Waals surface area contributed by atoms with Gasteiger partial charge in [-0.15, -0.1) is 0 Å². The summed E-state index contributed by atoms with van der Waals surface area (Å²) >= 11 is 0. The first-order valence-corrected chi connectivity index (χ1v) is 13.8. The molecule has 2 heterocycles. The Kier molecular flexibility index (Phi) is 7.54. The van der Waals surface area contributed by atoms with E-state index in [1.165, 1.54) is 18.4 Å². The molecule has 0 unspecified atom stereocenters. The summed E-state index contributed by atoms with van der Waals surface area (Å²) in [5.41, 5.74) is 2.78. The number of hydrogen-bond donors (Lipinski definition) is 1. The maximum Gasteiger partial charge on any atom is 0.243 e. The number of anilines is 1. The van der Waals surface area contributed by atoms with E-state index in [4.69, 9.17) is 0 Å². The average molecular weight is 474 g/mol. The van der Waals surface area contributed by atoms with Gasteiger partial charge in [-0.25, -0.2) is 8.42 Å². The number of amides is 2. The molecule has 1 N–H and O–H groups in total. The number of hydrogen-bond acceptors (Lipinski definition) is 4. The van der Waals surface area contributed by atoms with Crippen molar-refractivity contribution in [2.75, 3.05) is 24.5 Å². The minimum atomic E-state index is -3.57. The summed E-state index contributed by atoms with van der Waals surface area (Å²) < 4.78 is 27.8. The molecule has 1 aromatic rings. The second-order valence-corrected chi connectivity index (χ2v) is 11.2. The zero-order valence-electron chi connectivity index (χ0n) is 19.5. The van der Waals surface area contributed by atoms with Crippen LogP contribution in [-0.4, -0.2) is 50.2 Å².